The van der Waals surface area contributed by atoms with Crippen molar-refractivity contribution in [3.63, 3.8) is 0 Å². The number of ether oxygens (including phenoxy) is 1. The smallest absolute Gasteiger partial charge is 0.230 e. The molecule has 0 bridgehead atoms. The zero-order valence-electron chi connectivity index (χ0n) is 14.6. The maximum absolute atomic E-state index is 12.3. The fraction of sp³-hybridized carbons (Fsp3) is 0.158. The second-order valence-electron chi connectivity index (χ2n) is 5.49. The van der Waals surface area contributed by atoms with Crippen molar-refractivity contribution in [2.45, 2.75) is 17.6 Å². The quantitative estimate of drug-likeness (QED) is 0.415. The second kappa shape index (κ2) is 8.97. The lowest BCUT2D eigenvalue weighted by Crippen LogP contribution is -2.23. The Labute approximate surface area is 176 Å². The first-order valence-corrected chi connectivity index (χ1v) is 10.6. The molecule has 0 radical (unpaired) electrons. The third-order valence-electron chi connectivity index (χ3n) is 3.66. The van der Waals surface area contributed by atoms with Crippen molar-refractivity contribution in [1.82, 2.24) is 4.98 Å². The van der Waals surface area contributed by atoms with E-state index in [1.165, 1.54) is 30.0 Å². The van der Waals surface area contributed by atoms with E-state index in [0.717, 1.165) is 10.6 Å². The molecule has 2 aromatic carbocycles. The molecule has 8 heteroatoms. The fourth-order valence-electron chi connectivity index (χ4n) is 2.45. The fourth-order valence-corrected chi connectivity index (χ4v) is 5.02. The van der Waals surface area contributed by atoms with Gasteiger partial charge in [0.2, 0.25) is 5.91 Å². The van der Waals surface area contributed by atoms with Gasteiger partial charge in [-0.05, 0) is 24.3 Å². The van der Waals surface area contributed by atoms with Gasteiger partial charge in [0, 0.05) is 23.0 Å². The Morgan fingerprint density at radius 3 is 2.56 bits per heavy atom. The molecule has 0 aliphatic heterocycles. The highest BCUT2D eigenvalue weighted by Gasteiger charge is 2.21. The minimum Gasteiger partial charge on any atom is -0.495 e. The highest BCUT2D eigenvalue weighted by atomic mass is 35.5. The summed E-state index contributed by atoms with van der Waals surface area (Å²) in [4.78, 5) is 19.3. The molecule has 1 heterocycles. The van der Waals surface area contributed by atoms with Crippen LogP contribution in [0.15, 0.2) is 52.7 Å². The van der Waals surface area contributed by atoms with Crippen molar-refractivity contribution in [1.29, 1.82) is 0 Å². The molecule has 4 nitrogen and oxygen atoms in total. The van der Waals surface area contributed by atoms with Crippen LogP contribution < -0.4 is 9.64 Å². The molecule has 27 heavy (non-hydrogen) atoms. The van der Waals surface area contributed by atoms with Crippen LogP contribution in [0.4, 0.5) is 10.8 Å². The van der Waals surface area contributed by atoms with Gasteiger partial charge in [-0.2, -0.15) is 0 Å². The van der Waals surface area contributed by atoms with E-state index in [-0.39, 0.29) is 5.91 Å². The highest BCUT2D eigenvalue weighted by Crippen LogP contribution is 2.38. The molecule has 140 valence electrons. The van der Waals surface area contributed by atoms with E-state index in [4.69, 9.17) is 27.9 Å². The van der Waals surface area contributed by atoms with Crippen LogP contribution in [0.3, 0.4) is 0 Å². The molecule has 0 N–H and O–H groups in total. The number of carbonyl (C=O) groups excluding carboxylic acids is 1. The van der Waals surface area contributed by atoms with Crippen LogP contribution >= 0.6 is 46.3 Å². The Balaban J connectivity index is 1.84. The summed E-state index contributed by atoms with van der Waals surface area (Å²) < 4.78 is 5.39. The van der Waals surface area contributed by atoms with Gasteiger partial charge < -0.3 is 4.74 Å². The van der Waals surface area contributed by atoms with Crippen LogP contribution in [0, 0.1) is 0 Å². The third kappa shape index (κ3) is 4.58. The molecule has 0 aliphatic carbocycles. The Morgan fingerprint density at radius 1 is 1.19 bits per heavy atom. The molecule has 0 atom stereocenters. The molecule has 0 saturated carbocycles. The lowest BCUT2D eigenvalue weighted by Gasteiger charge is -2.20. The number of benzene rings is 2. The summed E-state index contributed by atoms with van der Waals surface area (Å²) in [7, 11) is 1.58. The SMILES string of the molecule is COc1ccccc1N(C(C)=O)c1nc(CSc2c(Cl)cccc2Cl)cs1. The zero-order valence-corrected chi connectivity index (χ0v) is 17.8. The summed E-state index contributed by atoms with van der Waals surface area (Å²) >= 11 is 15.4. The lowest BCUT2D eigenvalue weighted by molar-refractivity contribution is -0.115. The summed E-state index contributed by atoms with van der Waals surface area (Å²) in [5.74, 6) is 1.07. The maximum atomic E-state index is 12.3. The first-order chi connectivity index (χ1) is 13.0. The minimum atomic E-state index is -0.137. The van der Waals surface area contributed by atoms with Gasteiger partial charge in [0.05, 0.1) is 28.5 Å². The van der Waals surface area contributed by atoms with Gasteiger partial charge in [0.15, 0.2) is 5.13 Å². The molecule has 0 unspecified atom stereocenters. The van der Waals surface area contributed by atoms with Crippen molar-refractivity contribution >= 4 is 63.0 Å². The predicted octanol–water partition coefficient (Wildman–Crippen LogP) is 6.44. The number of halogens is 2. The highest BCUT2D eigenvalue weighted by molar-refractivity contribution is 7.98. The van der Waals surface area contributed by atoms with E-state index >= 15 is 0 Å². The molecule has 3 aromatic rings. The number of carbonyl (C=O) groups is 1. The number of hydrogen-bond acceptors (Lipinski definition) is 5. The minimum absolute atomic E-state index is 0.137. The molecular weight excluding hydrogens is 423 g/mol. The van der Waals surface area contributed by atoms with E-state index in [0.29, 0.717) is 32.4 Å². The second-order valence-corrected chi connectivity index (χ2v) is 8.12. The van der Waals surface area contributed by atoms with Crippen LogP contribution in [-0.4, -0.2) is 18.0 Å². The number of methoxy groups -OCH3 is 1. The van der Waals surface area contributed by atoms with E-state index in [9.17, 15) is 4.79 Å². The lowest BCUT2D eigenvalue weighted by atomic mass is 10.2. The summed E-state index contributed by atoms with van der Waals surface area (Å²) in [6.45, 7) is 1.51. The number of amides is 1. The third-order valence-corrected chi connectivity index (χ3v) is 6.55. The average molecular weight is 439 g/mol. The number of para-hydroxylation sites is 2. The number of rotatable bonds is 6. The van der Waals surface area contributed by atoms with Gasteiger partial charge in [-0.15, -0.1) is 23.1 Å². The van der Waals surface area contributed by atoms with Gasteiger partial charge in [0.1, 0.15) is 5.75 Å². The number of thiazole rings is 1. The first kappa shape index (κ1) is 20.0. The Kier molecular flexibility index (Phi) is 6.65. The number of anilines is 2. The number of nitrogens with zero attached hydrogens (tertiary/aromatic N) is 2. The number of thioether (sulfide) groups is 1. The van der Waals surface area contributed by atoms with Crippen molar-refractivity contribution in [3.8, 4) is 5.75 Å². The van der Waals surface area contributed by atoms with Gasteiger partial charge in [-0.1, -0.05) is 41.4 Å². The molecule has 0 saturated heterocycles. The van der Waals surface area contributed by atoms with Crippen LogP contribution in [0.2, 0.25) is 10.0 Å². The van der Waals surface area contributed by atoms with Crippen LogP contribution in [0.1, 0.15) is 12.6 Å². The van der Waals surface area contributed by atoms with Gasteiger partial charge in [-0.25, -0.2) is 4.98 Å². The van der Waals surface area contributed by atoms with Gasteiger partial charge in [-0.3, -0.25) is 9.69 Å². The zero-order chi connectivity index (χ0) is 19.4. The molecule has 0 spiro atoms. The largest absolute Gasteiger partial charge is 0.495 e. The normalized spacial score (nSPS) is 10.7. The molecule has 3 rings (SSSR count). The van der Waals surface area contributed by atoms with Crippen molar-refractivity contribution in [2.24, 2.45) is 0 Å². The van der Waals surface area contributed by atoms with Crippen molar-refractivity contribution in [2.75, 3.05) is 12.0 Å². The predicted molar refractivity (Wildman–Crippen MR) is 114 cm³/mol. The Hall–Kier alpha value is -1.73. The first-order valence-electron chi connectivity index (χ1n) is 7.96. The summed E-state index contributed by atoms with van der Waals surface area (Å²) in [6, 6.07) is 12.8. The van der Waals surface area contributed by atoms with Crippen molar-refractivity contribution in [3.05, 3.63) is 63.6 Å². The molecule has 1 aromatic heterocycles. The molecular formula is C19H16Cl2N2O2S2. The van der Waals surface area contributed by atoms with Gasteiger partial charge in [0.25, 0.3) is 0 Å². The van der Waals surface area contributed by atoms with Crippen LogP contribution in [0.5, 0.6) is 5.75 Å². The Bertz CT molecular complexity index is 942. The monoisotopic (exact) mass is 438 g/mol. The van der Waals surface area contributed by atoms with Crippen molar-refractivity contribution < 1.29 is 9.53 Å². The standard InChI is InChI=1S/C19H16Cl2N2O2S2/c1-12(24)23(16-8-3-4-9-17(16)25-2)19-22-13(11-27-19)10-26-18-14(20)6-5-7-15(18)21/h3-9,11H,10H2,1-2H3. The topological polar surface area (TPSA) is 42.4 Å². The molecule has 0 fully saturated rings. The van der Waals surface area contributed by atoms with Crippen LogP contribution in [-0.2, 0) is 10.5 Å². The maximum Gasteiger partial charge on any atom is 0.230 e. The van der Waals surface area contributed by atoms with E-state index in [2.05, 4.69) is 4.98 Å². The van der Waals surface area contributed by atoms with E-state index < -0.39 is 0 Å². The Morgan fingerprint density at radius 2 is 1.89 bits per heavy atom. The molecule has 1 amide bonds. The summed E-state index contributed by atoms with van der Waals surface area (Å²) in [6.07, 6.45) is 0. The van der Waals surface area contributed by atoms with Gasteiger partial charge >= 0.3 is 0 Å². The average Bonchev–Trinajstić information content (AvgIpc) is 3.10. The summed E-state index contributed by atoms with van der Waals surface area (Å²) in [5, 5.41) is 3.75. The number of hydrogen-bond donors (Lipinski definition) is 0. The molecule has 0 aliphatic rings. The van der Waals surface area contributed by atoms with E-state index in [1.807, 2.05) is 35.7 Å². The summed E-state index contributed by atoms with van der Waals surface area (Å²) in [5.41, 5.74) is 1.51. The van der Waals surface area contributed by atoms with Crippen LogP contribution in [0.25, 0.3) is 0 Å². The van der Waals surface area contributed by atoms with E-state index in [1.54, 1.807) is 24.1 Å². The number of aromatic nitrogens is 1.